The van der Waals surface area contributed by atoms with Crippen LogP contribution in [0.4, 0.5) is 0 Å². The largest absolute Gasteiger partial charge is 0.508 e. The fraction of sp³-hybridized carbons (Fsp3) is 0.316. The van der Waals surface area contributed by atoms with Gasteiger partial charge in [0, 0.05) is 5.56 Å². The maximum Gasteiger partial charge on any atom is 0.338 e. The fourth-order valence-corrected chi connectivity index (χ4v) is 2.23. The van der Waals surface area contributed by atoms with E-state index in [4.69, 9.17) is 4.74 Å². The minimum Gasteiger partial charge on any atom is -0.508 e. The Morgan fingerprint density at radius 3 is 2.37 bits per heavy atom. The molecule has 0 saturated carbocycles. The topological polar surface area (TPSA) is 119 Å². The van der Waals surface area contributed by atoms with Crippen LogP contribution in [0.1, 0.15) is 34.8 Å². The van der Waals surface area contributed by atoms with Gasteiger partial charge in [0.15, 0.2) is 0 Å². The predicted molar refractivity (Wildman–Crippen MR) is 95.8 cm³/mol. The number of carbonyl (C=O) groups is 3. The number of carbonyl (C=O) groups excluding carboxylic acids is 3. The average Bonchev–Trinajstić information content (AvgIpc) is 2.65. The molecule has 0 saturated heterocycles. The first-order valence-electron chi connectivity index (χ1n) is 7.97. The number of methoxy groups -OCH3 is 2. The zero-order chi connectivity index (χ0) is 20.6. The molecular formula is C19H22O8. The predicted octanol–water partition coefficient (Wildman–Crippen LogP) is 1.74. The summed E-state index contributed by atoms with van der Waals surface area (Å²) in [7, 11) is 2.35. The van der Waals surface area contributed by atoms with Gasteiger partial charge in [-0.25, -0.2) is 9.59 Å². The normalized spacial score (nSPS) is 10.9. The number of phenols is 1. The molecule has 0 aliphatic heterocycles. The molecule has 8 nitrogen and oxygen atoms in total. The van der Waals surface area contributed by atoms with Crippen LogP contribution in [-0.4, -0.2) is 48.9 Å². The Kier molecular flexibility index (Phi) is 8.22. The molecule has 0 atom stereocenters. The molecule has 1 aromatic rings. The summed E-state index contributed by atoms with van der Waals surface area (Å²) < 4.78 is 14.1. The highest BCUT2D eigenvalue weighted by atomic mass is 16.5. The summed E-state index contributed by atoms with van der Waals surface area (Å²) in [5.41, 5.74) is 0.392. The molecule has 0 bridgehead atoms. The minimum atomic E-state index is -0.763. The van der Waals surface area contributed by atoms with Crippen molar-refractivity contribution in [2.75, 3.05) is 20.8 Å². The summed E-state index contributed by atoms with van der Waals surface area (Å²) >= 11 is 0. The van der Waals surface area contributed by atoms with Gasteiger partial charge in [-0.2, -0.15) is 0 Å². The lowest BCUT2D eigenvalue weighted by molar-refractivity contribution is -0.139. The second-order valence-corrected chi connectivity index (χ2v) is 5.33. The van der Waals surface area contributed by atoms with Gasteiger partial charge >= 0.3 is 17.9 Å². The molecule has 8 heteroatoms. The number of aliphatic hydroxyl groups is 1. The number of aromatic hydroxyl groups is 1. The fourth-order valence-electron chi connectivity index (χ4n) is 2.23. The lowest BCUT2D eigenvalue weighted by Gasteiger charge is -2.13. The third-order valence-corrected chi connectivity index (χ3v) is 3.64. The van der Waals surface area contributed by atoms with Crippen molar-refractivity contribution < 1.29 is 38.8 Å². The summed E-state index contributed by atoms with van der Waals surface area (Å²) in [5, 5.41) is 19.7. The highest BCUT2D eigenvalue weighted by Gasteiger charge is 2.19. The Morgan fingerprint density at radius 2 is 1.85 bits per heavy atom. The first kappa shape index (κ1) is 21.9. The summed E-state index contributed by atoms with van der Waals surface area (Å²) in [6.07, 6.45) is 1.05. The standard InChI is InChI=1S/C19H22O8/c1-5-27-19(24)14-7-13(15(10-20)16(21)8-14)6-12(9-17(22)25-3)11(2)18(23)26-4/h6-8,20-21H,2,5,9-10H2,1,3-4H3/b12-6-. The first-order chi connectivity index (χ1) is 12.8. The van der Waals surface area contributed by atoms with E-state index in [0.29, 0.717) is 0 Å². The minimum absolute atomic E-state index is 0.0406. The Balaban J connectivity index is 3.54. The smallest absolute Gasteiger partial charge is 0.338 e. The zero-order valence-corrected chi connectivity index (χ0v) is 15.4. The van der Waals surface area contributed by atoms with Crippen molar-refractivity contribution in [2.24, 2.45) is 0 Å². The quantitative estimate of drug-likeness (QED) is 0.304. The van der Waals surface area contributed by atoms with Gasteiger partial charge in [-0.05, 0) is 36.3 Å². The molecule has 0 radical (unpaired) electrons. The van der Waals surface area contributed by atoms with Crippen LogP contribution in [0.25, 0.3) is 6.08 Å². The third-order valence-electron chi connectivity index (χ3n) is 3.64. The number of hydrogen-bond donors (Lipinski definition) is 2. The van der Waals surface area contributed by atoms with Crippen molar-refractivity contribution in [1.82, 2.24) is 0 Å². The molecule has 0 aliphatic rings. The maximum atomic E-state index is 12.0. The van der Waals surface area contributed by atoms with Gasteiger partial charge in [0.25, 0.3) is 0 Å². The van der Waals surface area contributed by atoms with Crippen LogP contribution >= 0.6 is 0 Å². The van der Waals surface area contributed by atoms with Crippen molar-refractivity contribution in [1.29, 1.82) is 0 Å². The molecule has 0 spiro atoms. The molecule has 0 amide bonds. The summed E-state index contributed by atoms with van der Waals surface area (Å²) in [6, 6.07) is 2.53. The van der Waals surface area contributed by atoms with Crippen molar-refractivity contribution in [3.05, 3.63) is 46.5 Å². The Bertz CT molecular complexity index is 776. The van der Waals surface area contributed by atoms with E-state index in [2.05, 4.69) is 16.1 Å². The van der Waals surface area contributed by atoms with Gasteiger partial charge in [-0.1, -0.05) is 6.58 Å². The molecule has 2 N–H and O–H groups in total. The average molecular weight is 378 g/mol. The first-order valence-corrected chi connectivity index (χ1v) is 7.97. The molecule has 0 fully saturated rings. The second-order valence-electron chi connectivity index (χ2n) is 5.33. The van der Waals surface area contributed by atoms with Crippen LogP contribution in [0.3, 0.4) is 0 Å². The molecule has 1 aromatic carbocycles. The van der Waals surface area contributed by atoms with E-state index in [0.717, 1.165) is 13.2 Å². The summed E-state index contributed by atoms with van der Waals surface area (Å²) in [6.45, 7) is 4.83. The molecule has 0 aliphatic carbocycles. The van der Waals surface area contributed by atoms with Gasteiger partial charge < -0.3 is 24.4 Å². The second kappa shape index (κ2) is 10.1. The molecule has 0 heterocycles. The van der Waals surface area contributed by atoms with Crippen LogP contribution in [-0.2, 0) is 30.4 Å². The Morgan fingerprint density at radius 1 is 1.19 bits per heavy atom. The van der Waals surface area contributed by atoms with E-state index in [1.165, 1.54) is 19.3 Å². The van der Waals surface area contributed by atoms with Crippen LogP contribution in [0.2, 0.25) is 0 Å². The number of hydrogen-bond acceptors (Lipinski definition) is 8. The van der Waals surface area contributed by atoms with E-state index in [1.54, 1.807) is 6.92 Å². The number of benzene rings is 1. The van der Waals surface area contributed by atoms with Gasteiger partial charge in [0.1, 0.15) is 5.75 Å². The Labute approximate surface area is 156 Å². The van der Waals surface area contributed by atoms with Crippen LogP contribution in [0, 0.1) is 0 Å². The zero-order valence-electron chi connectivity index (χ0n) is 15.4. The molecular weight excluding hydrogens is 356 g/mol. The number of aliphatic hydroxyl groups excluding tert-OH is 1. The highest BCUT2D eigenvalue weighted by molar-refractivity contribution is 5.97. The number of esters is 3. The monoisotopic (exact) mass is 378 g/mol. The molecule has 0 aromatic heterocycles. The van der Waals surface area contributed by atoms with Crippen molar-refractivity contribution >= 4 is 24.0 Å². The van der Waals surface area contributed by atoms with E-state index < -0.39 is 24.5 Å². The highest BCUT2D eigenvalue weighted by Crippen LogP contribution is 2.28. The van der Waals surface area contributed by atoms with Gasteiger partial charge in [-0.3, -0.25) is 4.79 Å². The van der Waals surface area contributed by atoms with E-state index in [1.807, 2.05) is 0 Å². The molecule has 27 heavy (non-hydrogen) atoms. The van der Waals surface area contributed by atoms with Crippen molar-refractivity contribution in [3.8, 4) is 5.75 Å². The maximum absolute atomic E-state index is 12.0. The Hall–Kier alpha value is -3.13. The van der Waals surface area contributed by atoms with Gasteiger partial charge in [0.05, 0.1) is 45.0 Å². The summed E-state index contributed by atoms with van der Waals surface area (Å²) in [5.74, 6) is -2.41. The van der Waals surface area contributed by atoms with E-state index >= 15 is 0 Å². The third kappa shape index (κ3) is 5.68. The van der Waals surface area contributed by atoms with E-state index in [9.17, 15) is 24.6 Å². The van der Waals surface area contributed by atoms with Gasteiger partial charge in [-0.15, -0.1) is 0 Å². The van der Waals surface area contributed by atoms with Crippen molar-refractivity contribution in [2.45, 2.75) is 20.0 Å². The molecule has 0 unspecified atom stereocenters. The molecule has 1 rings (SSSR count). The van der Waals surface area contributed by atoms with Crippen LogP contribution in [0.5, 0.6) is 5.75 Å². The van der Waals surface area contributed by atoms with E-state index in [-0.39, 0.29) is 46.6 Å². The summed E-state index contributed by atoms with van der Waals surface area (Å²) in [4.78, 5) is 35.5. The molecule has 146 valence electrons. The lowest BCUT2D eigenvalue weighted by atomic mass is 9.96. The SMILES string of the molecule is C=C(C(=O)OC)/C(=C\c1cc(C(=O)OCC)cc(O)c1CO)CC(=O)OC. The van der Waals surface area contributed by atoms with Gasteiger partial charge in [0.2, 0.25) is 0 Å². The van der Waals surface area contributed by atoms with Crippen LogP contribution in [0.15, 0.2) is 29.9 Å². The number of ether oxygens (including phenoxy) is 3. The lowest BCUT2D eigenvalue weighted by Crippen LogP contribution is -2.11. The number of rotatable bonds is 8. The van der Waals surface area contributed by atoms with Crippen molar-refractivity contribution in [3.63, 3.8) is 0 Å². The van der Waals surface area contributed by atoms with Crippen LogP contribution < -0.4 is 0 Å².